The predicted molar refractivity (Wildman–Crippen MR) is 83.4 cm³/mol. The summed E-state index contributed by atoms with van der Waals surface area (Å²) < 4.78 is 25.8. The van der Waals surface area contributed by atoms with Gasteiger partial charge in [0.05, 0.1) is 12.3 Å². The predicted octanol–water partition coefficient (Wildman–Crippen LogP) is 3.22. The number of carbonyl (C=O) groups is 1. The molecule has 2 rings (SSSR count). The highest BCUT2D eigenvalue weighted by Crippen LogP contribution is 2.19. The third kappa shape index (κ3) is 5.23. The van der Waals surface area contributed by atoms with Gasteiger partial charge in [0.25, 0.3) is 0 Å². The topological polar surface area (TPSA) is 29.1 Å². The van der Waals surface area contributed by atoms with Gasteiger partial charge in [-0.2, -0.15) is 0 Å². The molecular formula is C17H13F2NOS. The minimum Gasteiger partial charge on any atom is -0.344 e. The standard InChI is InChI=1S/C17H13F2NOS/c18-15-9-8-14(11-16(15)19)22-12-17(21)20-10-4-7-13-5-2-1-3-6-13/h1-3,5-6,8-9,11H,10,12H2,(H,20,21). The lowest BCUT2D eigenvalue weighted by Crippen LogP contribution is -2.25. The Bertz CT molecular complexity index is 708. The third-order valence-electron chi connectivity index (χ3n) is 2.64. The molecule has 0 atom stereocenters. The molecule has 0 aliphatic rings. The van der Waals surface area contributed by atoms with E-state index in [2.05, 4.69) is 17.2 Å². The summed E-state index contributed by atoms with van der Waals surface area (Å²) in [6, 6.07) is 13.0. The van der Waals surface area contributed by atoms with E-state index in [0.717, 1.165) is 29.5 Å². The largest absolute Gasteiger partial charge is 0.344 e. The number of benzene rings is 2. The molecule has 0 saturated carbocycles. The van der Waals surface area contributed by atoms with E-state index in [-0.39, 0.29) is 18.2 Å². The van der Waals surface area contributed by atoms with Crippen molar-refractivity contribution in [2.75, 3.05) is 12.3 Å². The summed E-state index contributed by atoms with van der Waals surface area (Å²) in [5, 5.41) is 2.65. The molecule has 0 aromatic heterocycles. The fourth-order valence-electron chi connectivity index (χ4n) is 1.58. The molecule has 22 heavy (non-hydrogen) atoms. The van der Waals surface area contributed by atoms with Crippen molar-refractivity contribution in [2.24, 2.45) is 0 Å². The maximum absolute atomic E-state index is 13.0. The minimum atomic E-state index is -0.917. The zero-order valence-electron chi connectivity index (χ0n) is 11.6. The summed E-state index contributed by atoms with van der Waals surface area (Å²) >= 11 is 1.14. The van der Waals surface area contributed by atoms with E-state index in [9.17, 15) is 13.6 Å². The van der Waals surface area contributed by atoms with Gasteiger partial charge in [-0.3, -0.25) is 4.79 Å². The lowest BCUT2D eigenvalue weighted by Gasteiger charge is -2.02. The highest BCUT2D eigenvalue weighted by atomic mass is 32.2. The molecule has 1 N–H and O–H groups in total. The molecule has 0 unspecified atom stereocenters. The quantitative estimate of drug-likeness (QED) is 0.693. The Kier molecular flexibility index (Phi) is 5.99. The van der Waals surface area contributed by atoms with Crippen LogP contribution in [-0.4, -0.2) is 18.2 Å². The van der Waals surface area contributed by atoms with E-state index in [4.69, 9.17) is 0 Å². The zero-order valence-corrected chi connectivity index (χ0v) is 12.4. The van der Waals surface area contributed by atoms with Crippen molar-refractivity contribution in [3.05, 3.63) is 65.7 Å². The van der Waals surface area contributed by atoms with Crippen LogP contribution < -0.4 is 5.32 Å². The first-order valence-corrected chi connectivity index (χ1v) is 7.52. The minimum absolute atomic E-state index is 0.123. The third-order valence-corrected chi connectivity index (χ3v) is 3.64. The molecule has 2 nitrogen and oxygen atoms in total. The second-order valence-electron chi connectivity index (χ2n) is 4.31. The van der Waals surface area contributed by atoms with Crippen LogP contribution in [0.5, 0.6) is 0 Å². The maximum atomic E-state index is 13.0. The lowest BCUT2D eigenvalue weighted by atomic mass is 10.2. The van der Waals surface area contributed by atoms with Crippen LogP contribution in [0.3, 0.4) is 0 Å². The summed E-state index contributed by atoms with van der Waals surface area (Å²) in [6.07, 6.45) is 0. The first kappa shape index (κ1) is 16.1. The molecular weight excluding hydrogens is 304 g/mol. The van der Waals surface area contributed by atoms with Gasteiger partial charge in [0, 0.05) is 10.5 Å². The fourth-order valence-corrected chi connectivity index (χ4v) is 2.33. The normalized spacial score (nSPS) is 9.73. The molecule has 0 spiro atoms. The van der Waals surface area contributed by atoms with E-state index in [1.54, 1.807) is 0 Å². The van der Waals surface area contributed by atoms with Crippen molar-refractivity contribution >= 4 is 17.7 Å². The molecule has 2 aromatic rings. The molecule has 0 bridgehead atoms. The number of nitrogens with one attached hydrogen (secondary N) is 1. The van der Waals surface area contributed by atoms with Crippen molar-refractivity contribution in [3.8, 4) is 11.8 Å². The Morgan fingerprint density at radius 1 is 1.09 bits per heavy atom. The molecule has 0 aliphatic heterocycles. The molecule has 5 heteroatoms. The molecule has 2 aromatic carbocycles. The number of amides is 1. The first-order valence-electron chi connectivity index (χ1n) is 6.53. The smallest absolute Gasteiger partial charge is 0.231 e. The average Bonchev–Trinajstić information content (AvgIpc) is 2.54. The summed E-state index contributed by atoms with van der Waals surface area (Å²) in [5.41, 5.74) is 0.882. The first-order chi connectivity index (χ1) is 10.6. The van der Waals surface area contributed by atoms with Crippen molar-refractivity contribution in [1.82, 2.24) is 5.32 Å². The highest BCUT2D eigenvalue weighted by Gasteiger charge is 2.05. The van der Waals surface area contributed by atoms with Crippen molar-refractivity contribution in [2.45, 2.75) is 4.90 Å². The van der Waals surface area contributed by atoms with Crippen LogP contribution in [0.2, 0.25) is 0 Å². The van der Waals surface area contributed by atoms with Crippen LogP contribution in [0.15, 0.2) is 53.4 Å². The van der Waals surface area contributed by atoms with Gasteiger partial charge in [-0.15, -0.1) is 11.8 Å². The second kappa shape index (κ2) is 8.20. The molecule has 0 heterocycles. The number of hydrogen-bond donors (Lipinski definition) is 1. The number of rotatable bonds is 4. The van der Waals surface area contributed by atoms with Crippen molar-refractivity contribution < 1.29 is 13.6 Å². The van der Waals surface area contributed by atoms with Crippen LogP contribution in [0, 0.1) is 23.5 Å². The molecule has 1 amide bonds. The van der Waals surface area contributed by atoms with Crippen LogP contribution in [0.25, 0.3) is 0 Å². The van der Waals surface area contributed by atoms with E-state index < -0.39 is 11.6 Å². The summed E-state index contributed by atoms with van der Waals surface area (Å²) in [6.45, 7) is 0.242. The van der Waals surface area contributed by atoms with Gasteiger partial charge >= 0.3 is 0 Å². The molecule has 0 fully saturated rings. The average molecular weight is 317 g/mol. The lowest BCUT2D eigenvalue weighted by molar-refractivity contribution is -0.118. The van der Waals surface area contributed by atoms with Crippen LogP contribution >= 0.6 is 11.8 Å². The maximum Gasteiger partial charge on any atom is 0.231 e. The van der Waals surface area contributed by atoms with Crippen LogP contribution in [-0.2, 0) is 4.79 Å². The van der Waals surface area contributed by atoms with E-state index in [1.807, 2.05) is 30.3 Å². The number of hydrogen-bond acceptors (Lipinski definition) is 2. The summed E-state index contributed by atoms with van der Waals surface area (Å²) in [4.78, 5) is 12.1. The van der Waals surface area contributed by atoms with E-state index in [1.165, 1.54) is 6.07 Å². The van der Waals surface area contributed by atoms with Gasteiger partial charge in [-0.05, 0) is 30.3 Å². The molecule has 112 valence electrons. The van der Waals surface area contributed by atoms with Crippen molar-refractivity contribution in [3.63, 3.8) is 0 Å². The SMILES string of the molecule is O=C(CSc1ccc(F)c(F)c1)NCC#Cc1ccccc1. The highest BCUT2D eigenvalue weighted by molar-refractivity contribution is 8.00. The van der Waals surface area contributed by atoms with E-state index in [0.29, 0.717) is 4.90 Å². The second-order valence-corrected chi connectivity index (χ2v) is 5.36. The number of carbonyl (C=O) groups excluding carboxylic acids is 1. The summed E-state index contributed by atoms with van der Waals surface area (Å²) in [5.74, 6) is 3.87. The number of halogens is 2. The Morgan fingerprint density at radius 2 is 1.86 bits per heavy atom. The molecule has 0 radical (unpaired) electrons. The Hall–Kier alpha value is -2.32. The Labute approximate surface area is 131 Å². The zero-order chi connectivity index (χ0) is 15.8. The Balaban J connectivity index is 1.74. The molecule has 0 saturated heterocycles. The Morgan fingerprint density at radius 3 is 2.59 bits per heavy atom. The molecule has 0 aliphatic carbocycles. The van der Waals surface area contributed by atoms with Gasteiger partial charge in [0.2, 0.25) is 5.91 Å². The van der Waals surface area contributed by atoms with Crippen LogP contribution in [0.4, 0.5) is 8.78 Å². The monoisotopic (exact) mass is 317 g/mol. The van der Waals surface area contributed by atoms with Crippen molar-refractivity contribution in [1.29, 1.82) is 0 Å². The van der Waals surface area contributed by atoms with Gasteiger partial charge in [-0.25, -0.2) is 8.78 Å². The van der Waals surface area contributed by atoms with Gasteiger partial charge < -0.3 is 5.32 Å². The van der Waals surface area contributed by atoms with Crippen LogP contribution in [0.1, 0.15) is 5.56 Å². The van der Waals surface area contributed by atoms with Gasteiger partial charge in [0.1, 0.15) is 0 Å². The van der Waals surface area contributed by atoms with Gasteiger partial charge in [0.15, 0.2) is 11.6 Å². The van der Waals surface area contributed by atoms with E-state index >= 15 is 0 Å². The summed E-state index contributed by atoms with van der Waals surface area (Å²) in [7, 11) is 0. The van der Waals surface area contributed by atoms with Gasteiger partial charge in [-0.1, -0.05) is 30.0 Å². The number of thioether (sulfide) groups is 1. The fraction of sp³-hybridized carbons (Fsp3) is 0.118.